The smallest absolute Gasteiger partial charge is 0.0294 e. The molecule has 122 valence electrons. The molecule has 23 heavy (non-hydrogen) atoms. The Morgan fingerprint density at radius 3 is 2.35 bits per heavy atom. The number of rotatable bonds is 6. The summed E-state index contributed by atoms with van der Waals surface area (Å²) in [5.74, 6) is 0.741. The average molecular weight is 308 g/mol. The molecule has 1 fully saturated rings. The van der Waals surface area contributed by atoms with Crippen molar-refractivity contribution in [3.8, 4) is 0 Å². The minimum atomic E-state index is 0.411. The molecule has 1 aliphatic rings. The molecule has 1 heterocycles. The summed E-state index contributed by atoms with van der Waals surface area (Å²) < 4.78 is 0. The molecule has 0 aliphatic carbocycles. The van der Waals surface area contributed by atoms with Gasteiger partial charge in [0.25, 0.3) is 0 Å². The van der Waals surface area contributed by atoms with E-state index >= 15 is 0 Å². The Labute approximate surface area is 140 Å². The summed E-state index contributed by atoms with van der Waals surface area (Å²) in [6.07, 6.45) is 1.29. The highest BCUT2D eigenvalue weighted by Gasteiger charge is 2.27. The molecule has 0 spiro atoms. The zero-order valence-electron chi connectivity index (χ0n) is 14.3. The SMILES string of the molecule is CC(NC(C)C1CCN(Cc2ccccc2)C1)c1ccccc1. The van der Waals surface area contributed by atoms with E-state index < -0.39 is 0 Å². The fourth-order valence-electron chi connectivity index (χ4n) is 3.62. The van der Waals surface area contributed by atoms with Gasteiger partial charge >= 0.3 is 0 Å². The van der Waals surface area contributed by atoms with Crippen LogP contribution in [0.4, 0.5) is 0 Å². The number of nitrogens with one attached hydrogen (secondary N) is 1. The third-order valence-corrected chi connectivity index (χ3v) is 5.08. The highest BCUT2D eigenvalue weighted by molar-refractivity contribution is 5.18. The van der Waals surface area contributed by atoms with Gasteiger partial charge in [0.15, 0.2) is 0 Å². The molecule has 0 amide bonds. The monoisotopic (exact) mass is 308 g/mol. The van der Waals surface area contributed by atoms with Gasteiger partial charge < -0.3 is 5.32 Å². The van der Waals surface area contributed by atoms with E-state index in [9.17, 15) is 0 Å². The van der Waals surface area contributed by atoms with Crippen molar-refractivity contribution in [1.29, 1.82) is 0 Å². The lowest BCUT2D eigenvalue weighted by Crippen LogP contribution is -2.36. The molecule has 0 bridgehead atoms. The molecule has 0 radical (unpaired) electrons. The Kier molecular flexibility index (Phi) is 5.47. The standard InChI is InChI=1S/C21H28N2/c1-17(20-11-7-4-8-12-20)22-18(2)21-13-14-23(16-21)15-19-9-5-3-6-10-19/h3-12,17-18,21-22H,13-16H2,1-2H3. The fourth-order valence-corrected chi connectivity index (χ4v) is 3.62. The summed E-state index contributed by atoms with van der Waals surface area (Å²) in [5.41, 5.74) is 2.80. The van der Waals surface area contributed by atoms with E-state index in [1.807, 2.05) is 0 Å². The van der Waals surface area contributed by atoms with Crippen LogP contribution in [-0.2, 0) is 6.54 Å². The van der Waals surface area contributed by atoms with Crippen LogP contribution in [0.1, 0.15) is 37.4 Å². The molecule has 1 N–H and O–H groups in total. The molecule has 3 rings (SSSR count). The first-order chi connectivity index (χ1) is 11.2. The quantitative estimate of drug-likeness (QED) is 0.858. The van der Waals surface area contributed by atoms with Crippen molar-refractivity contribution >= 4 is 0 Å². The summed E-state index contributed by atoms with van der Waals surface area (Å²) in [6.45, 7) is 8.10. The van der Waals surface area contributed by atoms with Crippen molar-refractivity contribution in [2.24, 2.45) is 5.92 Å². The van der Waals surface area contributed by atoms with Gasteiger partial charge in [-0.1, -0.05) is 60.7 Å². The zero-order chi connectivity index (χ0) is 16.1. The minimum Gasteiger partial charge on any atom is -0.307 e. The first kappa shape index (κ1) is 16.2. The van der Waals surface area contributed by atoms with E-state index in [2.05, 4.69) is 84.7 Å². The molecule has 0 saturated carbocycles. The highest BCUT2D eigenvalue weighted by atomic mass is 15.2. The van der Waals surface area contributed by atoms with Crippen molar-refractivity contribution in [3.05, 3.63) is 71.8 Å². The van der Waals surface area contributed by atoms with Crippen LogP contribution in [0.25, 0.3) is 0 Å². The molecule has 2 heteroatoms. The minimum absolute atomic E-state index is 0.411. The van der Waals surface area contributed by atoms with Gasteiger partial charge in [-0.05, 0) is 43.9 Å². The summed E-state index contributed by atoms with van der Waals surface area (Å²) in [4.78, 5) is 2.59. The van der Waals surface area contributed by atoms with Crippen molar-refractivity contribution in [1.82, 2.24) is 10.2 Å². The van der Waals surface area contributed by atoms with Crippen LogP contribution in [0.15, 0.2) is 60.7 Å². The predicted octanol–water partition coefficient (Wildman–Crippen LogP) is 4.25. The van der Waals surface area contributed by atoms with Gasteiger partial charge in [0.05, 0.1) is 0 Å². The maximum absolute atomic E-state index is 3.80. The Morgan fingerprint density at radius 1 is 1.00 bits per heavy atom. The lowest BCUT2D eigenvalue weighted by molar-refractivity contribution is 0.290. The normalized spacial score (nSPS) is 21.2. The third-order valence-electron chi connectivity index (χ3n) is 5.08. The van der Waals surface area contributed by atoms with Crippen molar-refractivity contribution in [2.45, 2.75) is 38.9 Å². The van der Waals surface area contributed by atoms with E-state index in [0.717, 1.165) is 12.5 Å². The van der Waals surface area contributed by atoms with Crippen LogP contribution in [0.3, 0.4) is 0 Å². The fraction of sp³-hybridized carbons (Fsp3) is 0.429. The number of nitrogens with zero attached hydrogens (tertiary/aromatic N) is 1. The maximum atomic E-state index is 3.80. The number of hydrogen-bond donors (Lipinski definition) is 1. The number of benzene rings is 2. The zero-order valence-corrected chi connectivity index (χ0v) is 14.3. The molecule has 0 aromatic heterocycles. The van der Waals surface area contributed by atoms with E-state index in [1.54, 1.807) is 0 Å². The Bertz CT molecular complexity index is 581. The second-order valence-electron chi connectivity index (χ2n) is 6.86. The van der Waals surface area contributed by atoms with E-state index in [0.29, 0.717) is 12.1 Å². The number of likely N-dealkylation sites (tertiary alicyclic amines) is 1. The number of hydrogen-bond acceptors (Lipinski definition) is 2. The second kappa shape index (κ2) is 7.76. The molecule has 2 nitrogen and oxygen atoms in total. The molecule has 2 aromatic carbocycles. The first-order valence-corrected chi connectivity index (χ1v) is 8.79. The molecular formula is C21H28N2. The van der Waals surface area contributed by atoms with Gasteiger partial charge in [-0.25, -0.2) is 0 Å². The van der Waals surface area contributed by atoms with Gasteiger partial charge in [0.2, 0.25) is 0 Å². The van der Waals surface area contributed by atoms with Gasteiger partial charge in [-0.15, -0.1) is 0 Å². The lowest BCUT2D eigenvalue weighted by atomic mass is 9.98. The Balaban J connectivity index is 1.50. The maximum Gasteiger partial charge on any atom is 0.0294 e. The molecule has 1 saturated heterocycles. The van der Waals surface area contributed by atoms with Gasteiger partial charge in [-0.2, -0.15) is 0 Å². The van der Waals surface area contributed by atoms with E-state index in [-0.39, 0.29) is 0 Å². The highest BCUT2D eigenvalue weighted by Crippen LogP contribution is 2.23. The van der Waals surface area contributed by atoms with E-state index in [1.165, 1.54) is 30.6 Å². The summed E-state index contributed by atoms with van der Waals surface area (Å²) in [5, 5.41) is 3.80. The molecule has 3 atom stereocenters. The summed E-state index contributed by atoms with van der Waals surface area (Å²) in [6, 6.07) is 22.5. The van der Waals surface area contributed by atoms with Gasteiger partial charge in [0.1, 0.15) is 0 Å². The molecule has 1 aliphatic heterocycles. The van der Waals surface area contributed by atoms with Crippen LogP contribution >= 0.6 is 0 Å². The van der Waals surface area contributed by atoms with Crippen LogP contribution in [0, 0.1) is 5.92 Å². The topological polar surface area (TPSA) is 15.3 Å². The van der Waals surface area contributed by atoms with Crippen molar-refractivity contribution in [2.75, 3.05) is 13.1 Å². The molecule has 3 unspecified atom stereocenters. The van der Waals surface area contributed by atoms with Crippen LogP contribution in [0.2, 0.25) is 0 Å². The summed E-state index contributed by atoms with van der Waals surface area (Å²) >= 11 is 0. The Hall–Kier alpha value is -1.64. The lowest BCUT2D eigenvalue weighted by Gasteiger charge is -2.25. The second-order valence-corrected chi connectivity index (χ2v) is 6.86. The van der Waals surface area contributed by atoms with Gasteiger partial charge in [0, 0.05) is 25.2 Å². The third kappa shape index (κ3) is 4.43. The van der Waals surface area contributed by atoms with E-state index in [4.69, 9.17) is 0 Å². The Morgan fingerprint density at radius 2 is 1.65 bits per heavy atom. The van der Waals surface area contributed by atoms with Crippen molar-refractivity contribution < 1.29 is 0 Å². The van der Waals surface area contributed by atoms with Crippen LogP contribution in [0.5, 0.6) is 0 Å². The average Bonchev–Trinajstić information content (AvgIpc) is 3.05. The first-order valence-electron chi connectivity index (χ1n) is 8.79. The van der Waals surface area contributed by atoms with Crippen LogP contribution in [-0.4, -0.2) is 24.0 Å². The predicted molar refractivity (Wildman–Crippen MR) is 97.3 cm³/mol. The van der Waals surface area contributed by atoms with Crippen LogP contribution < -0.4 is 5.32 Å². The summed E-state index contributed by atoms with van der Waals surface area (Å²) in [7, 11) is 0. The largest absolute Gasteiger partial charge is 0.307 e. The van der Waals surface area contributed by atoms with Crippen molar-refractivity contribution in [3.63, 3.8) is 0 Å². The molecule has 2 aromatic rings. The van der Waals surface area contributed by atoms with Gasteiger partial charge in [-0.3, -0.25) is 4.90 Å². The molecular weight excluding hydrogens is 280 g/mol.